The van der Waals surface area contributed by atoms with Crippen molar-refractivity contribution < 1.29 is 5.11 Å². The topological polar surface area (TPSA) is 33.1 Å². The van der Waals surface area contributed by atoms with Crippen molar-refractivity contribution in [3.8, 4) is 17.0 Å². The minimum atomic E-state index is 0.213. The standard InChI is InChI=1S/C14H13NO/c16-13-6-7-14(15-9-13)12-5-4-10-2-1-3-11(10)8-12/h4-9,16H,1-3H2. The van der Waals surface area contributed by atoms with Gasteiger partial charge in [-0.15, -0.1) is 0 Å². The SMILES string of the molecule is Oc1ccc(-c2ccc3c(c2)CCC3)nc1. The highest BCUT2D eigenvalue weighted by Crippen LogP contribution is 2.27. The molecular formula is C14H13NO. The summed E-state index contributed by atoms with van der Waals surface area (Å²) in [5.41, 5.74) is 4.99. The molecule has 1 aliphatic rings. The van der Waals surface area contributed by atoms with E-state index < -0.39 is 0 Å². The molecule has 0 fully saturated rings. The van der Waals surface area contributed by atoms with Crippen LogP contribution in [0.3, 0.4) is 0 Å². The third-order valence-electron chi connectivity index (χ3n) is 3.14. The number of benzene rings is 1. The first kappa shape index (κ1) is 9.40. The van der Waals surface area contributed by atoms with Crippen molar-refractivity contribution in [2.45, 2.75) is 19.3 Å². The van der Waals surface area contributed by atoms with Gasteiger partial charge in [0, 0.05) is 5.56 Å². The van der Waals surface area contributed by atoms with Crippen LogP contribution in [0.15, 0.2) is 36.5 Å². The Morgan fingerprint density at radius 1 is 1.00 bits per heavy atom. The van der Waals surface area contributed by atoms with Gasteiger partial charge >= 0.3 is 0 Å². The van der Waals surface area contributed by atoms with Crippen LogP contribution in [0.4, 0.5) is 0 Å². The fourth-order valence-corrected chi connectivity index (χ4v) is 2.29. The van der Waals surface area contributed by atoms with Gasteiger partial charge in [-0.3, -0.25) is 4.98 Å². The van der Waals surface area contributed by atoms with E-state index in [0.29, 0.717) is 0 Å². The maximum Gasteiger partial charge on any atom is 0.133 e. The quantitative estimate of drug-likeness (QED) is 0.786. The van der Waals surface area contributed by atoms with Gasteiger partial charge in [-0.25, -0.2) is 0 Å². The van der Waals surface area contributed by atoms with Crippen LogP contribution in [0.1, 0.15) is 17.5 Å². The van der Waals surface area contributed by atoms with Gasteiger partial charge in [0.15, 0.2) is 0 Å². The van der Waals surface area contributed by atoms with Gasteiger partial charge in [0.25, 0.3) is 0 Å². The van der Waals surface area contributed by atoms with Crippen LogP contribution < -0.4 is 0 Å². The minimum absolute atomic E-state index is 0.213. The highest BCUT2D eigenvalue weighted by molar-refractivity contribution is 5.61. The third kappa shape index (κ3) is 1.56. The molecule has 1 N–H and O–H groups in total. The van der Waals surface area contributed by atoms with E-state index in [1.54, 1.807) is 6.07 Å². The Morgan fingerprint density at radius 3 is 2.69 bits per heavy atom. The molecule has 2 heteroatoms. The maximum absolute atomic E-state index is 9.20. The van der Waals surface area contributed by atoms with E-state index in [4.69, 9.17) is 0 Å². The molecule has 16 heavy (non-hydrogen) atoms. The van der Waals surface area contributed by atoms with Crippen LogP contribution in [0.2, 0.25) is 0 Å². The van der Waals surface area contributed by atoms with Crippen LogP contribution in [0, 0.1) is 0 Å². The lowest BCUT2D eigenvalue weighted by molar-refractivity contribution is 0.473. The van der Waals surface area contributed by atoms with E-state index in [2.05, 4.69) is 23.2 Å². The van der Waals surface area contributed by atoms with Crippen LogP contribution >= 0.6 is 0 Å². The van der Waals surface area contributed by atoms with Crippen molar-refractivity contribution in [1.82, 2.24) is 4.98 Å². The molecule has 1 heterocycles. The third-order valence-corrected chi connectivity index (χ3v) is 3.14. The van der Waals surface area contributed by atoms with Gasteiger partial charge in [0.05, 0.1) is 11.9 Å². The first-order valence-electron chi connectivity index (χ1n) is 5.60. The lowest BCUT2D eigenvalue weighted by Crippen LogP contribution is -1.86. The van der Waals surface area contributed by atoms with E-state index in [-0.39, 0.29) is 5.75 Å². The second-order valence-corrected chi connectivity index (χ2v) is 4.24. The number of nitrogens with zero attached hydrogens (tertiary/aromatic N) is 1. The molecule has 2 aromatic rings. The lowest BCUT2D eigenvalue weighted by atomic mass is 10.0. The molecule has 0 atom stereocenters. The fourth-order valence-electron chi connectivity index (χ4n) is 2.29. The molecule has 0 aliphatic heterocycles. The molecule has 0 radical (unpaired) electrons. The van der Waals surface area contributed by atoms with Crippen molar-refractivity contribution in [1.29, 1.82) is 0 Å². The first-order valence-corrected chi connectivity index (χ1v) is 5.60. The molecule has 0 saturated carbocycles. The average molecular weight is 211 g/mol. The Balaban J connectivity index is 2.03. The number of hydrogen-bond donors (Lipinski definition) is 1. The van der Waals surface area contributed by atoms with Gasteiger partial charge < -0.3 is 5.11 Å². The number of pyridine rings is 1. The summed E-state index contributed by atoms with van der Waals surface area (Å²) < 4.78 is 0. The Kier molecular flexibility index (Phi) is 2.13. The fraction of sp³-hybridized carbons (Fsp3) is 0.214. The Hall–Kier alpha value is -1.83. The summed E-state index contributed by atoms with van der Waals surface area (Å²) in [6, 6.07) is 10.1. The second-order valence-electron chi connectivity index (χ2n) is 4.24. The van der Waals surface area contributed by atoms with Gasteiger partial charge in [-0.05, 0) is 48.6 Å². The van der Waals surface area contributed by atoms with Crippen molar-refractivity contribution in [3.05, 3.63) is 47.7 Å². The second kappa shape index (κ2) is 3.63. The molecule has 0 bridgehead atoms. The smallest absolute Gasteiger partial charge is 0.133 e. The number of hydrogen-bond acceptors (Lipinski definition) is 2. The van der Waals surface area contributed by atoms with Crippen LogP contribution in [-0.2, 0) is 12.8 Å². The highest BCUT2D eigenvalue weighted by atomic mass is 16.3. The molecule has 2 nitrogen and oxygen atoms in total. The van der Waals surface area contributed by atoms with Gasteiger partial charge in [-0.2, -0.15) is 0 Å². The molecule has 3 rings (SSSR count). The number of rotatable bonds is 1. The van der Waals surface area contributed by atoms with Crippen molar-refractivity contribution in [3.63, 3.8) is 0 Å². The van der Waals surface area contributed by atoms with Crippen LogP contribution in [0.25, 0.3) is 11.3 Å². The Labute approximate surface area is 94.6 Å². The largest absolute Gasteiger partial charge is 0.506 e. The van der Waals surface area contributed by atoms with Gasteiger partial charge in [0.2, 0.25) is 0 Å². The molecular weight excluding hydrogens is 198 g/mol. The summed E-state index contributed by atoms with van der Waals surface area (Å²) in [4.78, 5) is 4.22. The average Bonchev–Trinajstić information content (AvgIpc) is 2.77. The first-order chi connectivity index (χ1) is 7.83. The predicted octanol–water partition coefficient (Wildman–Crippen LogP) is 2.94. The molecule has 1 aromatic heterocycles. The van der Waals surface area contributed by atoms with Crippen molar-refractivity contribution in [2.75, 3.05) is 0 Å². The Morgan fingerprint density at radius 2 is 1.88 bits per heavy atom. The summed E-state index contributed by atoms with van der Waals surface area (Å²) in [6.07, 6.45) is 5.14. The summed E-state index contributed by atoms with van der Waals surface area (Å²) in [5.74, 6) is 0.213. The number of aromatic nitrogens is 1. The lowest BCUT2D eigenvalue weighted by Gasteiger charge is -2.04. The number of aryl methyl sites for hydroxylation is 2. The summed E-state index contributed by atoms with van der Waals surface area (Å²) >= 11 is 0. The van der Waals surface area contributed by atoms with E-state index in [0.717, 1.165) is 11.3 Å². The molecule has 0 unspecified atom stereocenters. The summed E-state index contributed by atoms with van der Waals surface area (Å²) in [7, 11) is 0. The van der Waals surface area contributed by atoms with E-state index in [1.807, 2.05) is 6.07 Å². The normalized spacial score (nSPS) is 13.8. The molecule has 0 amide bonds. The zero-order valence-electron chi connectivity index (χ0n) is 8.98. The molecule has 1 aliphatic carbocycles. The molecule has 0 saturated heterocycles. The number of aromatic hydroxyl groups is 1. The Bertz CT molecular complexity index is 517. The summed E-state index contributed by atoms with van der Waals surface area (Å²) in [5, 5.41) is 9.20. The van der Waals surface area contributed by atoms with Gasteiger partial charge in [-0.1, -0.05) is 12.1 Å². The monoisotopic (exact) mass is 211 g/mol. The zero-order chi connectivity index (χ0) is 11.0. The minimum Gasteiger partial charge on any atom is -0.506 e. The number of fused-ring (bicyclic) bond motifs is 1. The molecule has 0 spiro atoms. The van der Waals surface area contributed by atoms with Crippen LogP contribution in [0.5, 0.6) is 5.75 Å². The van der Waals surface area contributed by atoms with Crippen molar-refractivity contribution in [2.24, 2.45) is 0 Å². The van der Waals surface area contributed by atoms with Crippen LogP contribution in [-0.4, -0.2) is 10.1 Å². The zero-order valence-corrected chi connectivity index (χ0v) is 8.98. The van der Waals surface area contributed by atoms with E-state index in [1.165, 1.54) is 36.6 Å². The predicted molar refractivity (Wildman–Crippen MR) is 63.4 cm³/mol. The maximum atomic E-state index is 9.20. The van der Waals surface area contributed by atoms with E-state index >= 15 is 0 Å². The van der Waals surface area contributed by atoms with Gasteiger partial charge in [0.1, 0.15) is 5.75 Å². The van der Waals surface area contributed by atoms with E-state index in [9.17, 15) is 5.11 Å². The molecule has 1 aromatic carbocycles. The molecule has 80 valence electrons. The highest BCUT2D eigenvalue weighted by Gasteiger charge is 2.11. The van der Waals surface area contributed by atoms with Crippen molar-refractivity contribution >= 4 is 0 Å². The summed E-state index contributed by atoms with van der Waals surface area (Å²) in [6.45, 7) is 0.